The van der Waals surface area contributed by atoms with Gasteiger partial charge in [0, 0.05) is 23.5 Å². The van der Waals surface area contributed by atoms with Gasteiger partial charge in [0.1, 0.15) is 0 Å². The number of likely N-dealkylation sites (tertiary alicyclic amines) is 1. The van der Waals surface area contributed by atoms with Crippen LogP contribution in [0.5, 0.6) is 0 Å². The molecule has 0 bridgehead atoms. The van der Waals surface area contributed by atoms with Crippen LogP contribution < -0.4 is 0 Å². The molecule has 0 amide bonds. The van der Waals surface area contributed by atoms with Crippen molar-refractivity contribution in [1.82, 2.24) is 4.90 Å². The van der Waals surface area contributed by atoms with Crippen molar-refractivity contribution >= 4 is 11.6 Å². The third kappa shape index (κ3) is 3.44. The maximum atomic E-state index is 10.3. The largest absolute Gasteiger partial charge is 0.393 e. The molecule has 2 fully saturated rings. The molecule has 3 rings (SSSR count). The Hall–Kier alpha value is -0.570. The number of aliphatic hydroxyl groups is 1. The molecular formula is C18H26ClNO. The standard InChI is InChI=1S/C18H26ClNO/c1-13-8-9-14(16(19)11-13)12-20-10-3-2-6-17(20)15-5-4-7-18(15)21/h8-9,11,15,17-18,21H,2-7,10,12H2,1H3. The maximum Gasteiger partial charge on any atom is 0.0583 e. The summed E-state index contributed by atoms with van der Waals surface area (Å²) in [4.78, 5) is 2.57. The lowest BCUT2D eigenvalue weighted by Crippen LogP contribution is -2.45. The van der Waals surface area contributed by atoms with Crippen LogP contribution in [-0.2, 0) is 6.54 Å². The van der Waals surface area contributed by atoms with E-state index in [1.807, 2.05) is 0 Å². The van der Waals surface area contributed by atoms with Crippen molar-refractivity contribution in [2.24, 2.45) is 5.92 Å². The van der Waals surface area contributed by atoms with Gasteiger partial charge in [0.2, 0.25) is 0 Å². The molecule has 1 saturated heterocycles. The van der Waals surface area contributed by atoms with Crippen LogP contribution in [0.1, 0.15) is 49.7 Å². The Morgan fingerprint density at radius 2 is 2.05 bits per heavy atom. The van der Waals surface area contributed by atoms with Gasteiger partial charge in [0.05, 0.1) is 6.10 Å². The van der Waals surface area contributed by atoms with Crippen molar-refractivity contribution in [3.63, 3.8) is 0 Å². The molecule has 0 aromatic heterocycles. The summed E-state index contributed by atoms with van der Waals surface area (Å²) in [7, 11) is 0. The lowest BCUT2D eigenvalue weighted by atomic mass is 9.87. The molecule has 21 heavy (non-hydrogen) atoms. The fraction of sp³-hybridized carbons (Fsp3) is 0.667. The van der Waals surface area contributed by atoms with Crippen molar-refractivity contribution in [1.29, 1.82) is 0 Å². The summed E-state index contributed by atoms with van der Waals surface area (Å²) in [5.74, 6) is 0.467. The molecular weight excluding hydrogens is 282 g/mol. The Labute approximate surface area is 133 Å². The first-order valence-electron chi connectivity index (χ1n) is 8.32. The van der Waals surface area contributed by atoms with Crippen LogP contribution in [0.15, 0.2) is 18.2 Å². The molecule has 0 radical (unpaired) electrons. The zero-order valence-corrected chi connectivity index (χ0v) is 13.6. The van der Waals surface area contributed by atoms with Gasteiger partial charge in [0.25, 0.3) is 0 Å². The third-order valence-electron chi connectivity index (χ3n) is 5.27. The highest BCUT2D eigenvalue weighted by Crippen LogP contribution is 2.36. The number of nitrogens with zero attached hydrogens (tertiary/aromatic N) is 1. The molecule has 3 atom stereocenters. The fourth-order valence-corrected chi connectivity index (χ4v) is 4.41. The molecule has 1 aliphatic heterocycles. The van der Waals surface area contributed by atoms with E-state index in [-0.39, 0.29) is 6.10 Å². The summed E-state index contributed by atoms with van der Waals surface area (Å²) in [5.41, 5.74) is 2.44. The highest BCUT2D eigenvalue weighted by atomic mass is 35.5. The van der Waals surface area contributed by atoms with Crippen molar-refractivity contribution in [3.05, 3.63) is 34.3 Å². The average Bonchev–Trinajstić information content (AvgIpc) is 2.89. The molecule has 1 aromatic rings. The molecule has 2 aliphatic rings. The van der Waals surface area contributed by atoms with Crippen LogP contribution in [-0.4, -0.2) is 28.7 Å². The Balaban J connectivity index is 1.75. The first-order valence-corrected chi connectivity index (χ1v) is 8.70. The predicted molar refractivity (Wildman–Crippen MR) is 87.6 cm³/mol. The SMILES string of the molecule is Cc1ccc(CN2CCCCC2C2CCCC2O)c(Cl)c1. The van der Waals surface area contributed by atoms with Crippen LogP contribution in [0.25, 0.3) is 0 Å². The first kappa shape index (κ1) is 15.3. The molecule has 2 nitrogen and oxygen atoms in total. The van der Waals surface area contributed by atoms with Crippen molar-refractivity contribution in [2.45, 2.75) is 64.1 Å². The van der Waals surface area contributed by atoms with Gasteiger partial charge in [-0.3, -0.25) is 4.90 Å². The minimum Gasteiger partial charge on any atom is -0.393 e. The van der Waals surface area contributed by atoms with E-state index in [1.54, 1.807) is 0 Å². The number of aliphatic hydroxyl groups excluding tert-OH is 1. The molecule has 116 valence electrons. The van der Waals surface area contributed by atoms with E-state index in [1.165, 1.54) is 43.2 Å². The normalized spacial score (nSPS) is 30.7. The van der Waals surface area contributed by atoms with Gasteiger partial charge in [-0.15, -0.1) is 0 Å². The van der Waals surface area contributed by atoms with Crippen LogP contribution in [0.3, 0.4) is 0 Å². The number of rotatable bonds is 3. The number of hydrogen-bond donors (Lipinski definition) is 1. The number of piperidine rings is 1. The van der Waals surface area contributed by atoms with Crippen LogP contribution in [0, 0.1) is 12.8 Å². The van der Waals surface area contributed by atoms with Crippen molar-refractivity contribution in [2.75, 3.05) is 6.54 Å². The summed E-state index contributed by atoms with van der Waals surface area (Å²) in [6.07, 6.45) is 7.05. The Morgan fingerprint density at radius 1 is 1.19 bits per heavy atom. The Bertz CT molecular complexity index is 490. The monoisotopic (exact) mass is 307 g/mol. The molecule has 1 heterocycles. The summed E-state index contributed by atoms with van der Waals surface area (Å²) >= 11 is 6.41. The summed E-state index contributed by atoms with van der Waals surface area (Å²) in [6.45, 7) is 4.14. The number of halogens is 1. The third-order valence-corrected chi connectivity index (χ3v) is 5.62. The average molecular weight is 308 g/mol. The van der Waals surface area contributed by atoms with Gasteiger partial charge in [-0.05, 0) is 56.3 Å². The summed E-state index contributed by atoms with van der Waals surface area (Å²) in [6, 6.07) is 6.90. The van der Waals surface area contributed by atoms with Gasteiger partial charge in [-0.25, -0.2) is 0 Å². The zero-order valence-electron chi connectivity index (χ0n) is 12.9. The second kappa shape index (κ2) is 6.68. The summed E-state index contributed by atoms with van der Waals surface area (Å²) in [5, 5.41) is 11.1. The van der Waals surface area contributed by atoms with Crippen LogP contribution in [0.2, 0.25) is 5.02 Å². The van der Waals surface area contributed by atoms with Gasteiger partial charge in [0.15, 0.2) is 0 Å². The second-order valence-electron chi connectivity index (χ2n) is 6.79. The quantitative estimate of drug-likeness (QED) is 0.906. The van der Waals surface area contributed by atoms with Gasteiger partial charge < -0.3 is 5.11 Å². The van der Waals surface area contributed by atoms with E-state index < -0.39 is 0 Å². The minimum atomic E-state index is -0.0934. The predicted octanol–water partition coefficient (Wildman–Crippen LogP) is 4.16. The molecule has 0 spiro atoms. The van der Waals surface area contributed by atoms with Gasteiger partial charge in [-0.1, -0.05) is 36.6 Å². The highest BCUT2D eigenvalue weighted by molar-refractivity contribution is 6.31. The first-order chi connectivity index (χ1) is 10.1. The van der Waals surface area contributed by atoms with Crippen LogP contribution >= 0.6 is 11.6 Å². The van der Waals surface area contributed by atoms with Crippen molar-refractivity contribution in [3.8, 4) is 0 Å². The van der Waals surface area contributed by atoms with E-state index >= 15 is 0 Å². The van der Waals surface area contributed by atoms with Gasteiger partial charge >= 0.3 is 0 Å². The Kier molecular flexibility index (Phi) is 4.88. The lowest BCUT2D eigenvalue weighted by Gasteiger charge is -2.40. The molecule has 3 unspecified atom stereocenters. The molecule has 1 aliphatic carbocycles. The Morgan fingerprint density at radius 3 is 2.76 bits per heavy atom. The number of aryl methyl sites for hydroxylation is 1. The molecule has 3 heteroatoms. The van der Waals surface area contributed by atoms with Gasteiger partial charge in [-0.2, -0.15) is 0 Å². The molecule has 1 aromatic carbocycles. The molecule has 1 saturated carbocycles. The second-order valence-corrected chi connectivity index (χ2v) is 7.20. The maximum absolute atomic E-state index is 10.3. The minimum absolute atomic E-state index is 0.0934. The van der Waals surface area contributed by atoms with E-state index in [4.69, 9.17) is 11.6 Å². The van der Waals surface area contributed by atoms with E-state index in [9.17, 15) is 5.11 Å². The summed E-state index contributed by atoms with van der Waals surface area (Å²) < 4.78 is 0. The smallest absolute Gasteiger partial charge is 0.0583 e. The zero-order chi connectivity index (χ0) is 14.8. The van der Waals surface area contributed by atoms with Crippen molar-refractivity contribution < 1.29 is 5.11 Å². The topological polar surface area (TPSA) is 23.5 Å². The highest BCUT2D eigenvalue weighted by Gasteiger charge is 2.36. The number of benzene rings is 1. The van der Waals surface area contributed by atoms with E-state index in [0.717, 1.165) is 24.5 Å². The van der Waals surface area contributed by atoms with E-state index in [0.29, 0.717) is 12.0 Å². The fourth-order valence-electron chi connectivity index (χ4n) is 4.12. The lowest BCUT2D eigenvalue weighted by molar-refractivity contribution is 0.0313. The molecule has 1 N–H and O–H groups in total. The van der Waals surface area contributed by atoms with Crippen LogP contribution in [0.4, 0.5) is 0 Å². The van der Waals surface area contributed by atoms with E-state index in [2.05, 4.69) is 30.0 Å². The number of hydrogen-bond acceptors (Lipinski definition) is 2.